The zero-order valence-corrected chi connectivity index (χ0v) is 12.3. The largest absolute Gasteiger partial charge is 0.449 e. The van der Waals surface area contributed by atoms with Gasteiger partial charge in [0.2, 0.25) is 0 Å². The highest BCUT2D eigenvalue weighted by Gasteiger charge is 2.21. The topological polar surface area (TPSA) is 81.4 Å². The lowest BCUT2D eigenvalue weighted by Crippen LogP contribution is -2.30. The molecule has 2 rings (SSSR count). The fourth-order valence-electron chi connectivity index (χ4n) is 1.74. The molecule has 0 unspecified atom stereocenters. The van der Waals surface area contributed by atoms with Gasteiger partial charge in [0.1, 0.15) is 11.6 Å². The van der Waals surface area contributed by atoms with Gasteiger partial charge in [-0.1, -0.05) is 11.2 Å². The Morgan fingerprint density at radius 2 is 2.05 bits per heavy atom. The number of esters is 1. The molecule has 0 aliphatic rings. The number of aryl methyl sites for hydroxylation is 2. The molecular formula is C15H15FN2O4. The number of aromatic nitrogens is 1. The van der Waals surface area contributed by atoms with E-state index in [9.17, 15) is 14.0 Å². The van der Waals surface area contributed by atoms with Crippen molar-refractivity contribution in [1.82, 2.24) is 5.16 Å². The highest BCUT2D eigenvalue weighted by atomic mass is 19.1. The van der Waals surface area contributed by atoms with E-state index in [0.717, 1.165) is 6.07 Å². The van der Waals surface area contributed by atoms with Crippen LogP contribution < -0.4 is 5.32 Å². The third-order valence-corrected chi connectivity index (χ3v) is 2.95. The molecule has 7 heteroatoms. The van der Waals surface area contributed by atoms with Crippen LogP contribution in [0.5, 0.6) is 0 Å². The first-order valence-corrected chi connectivity index (χ1v) is 6.58. The molecule has 1 N–H and O–H groups in total. The molecule has 0 aliphatic heterocycles. The number of ether oxygens (including phenoxy) is 1. The van der Waals surface area contributed by atoms with Gasteiger partial charge in [-0.2, -0.15) is 0 Å². The van der Waals surface area contributed by atoms with E-state index >= 15 is 0 Å². The Kier molecular flexibility index (Phi) is 4.55. The molecule has 22 heavy (non-hydrogen) atoms. The van der Waals surface area contributed by atoms with E-state index in [-0.39, 0.29) is 11.4 Å². The predicted octanol–water partition coefficient (Wildman–Crippen LogP) is 2.61. The molecule has 0 radical (unpaired) electrons. The molecular weight excluding hydrogens is 291 g/mol. The van der Waals surface area contributed by atoms with Gasteiger partial charge in [0.05, 0.1) is 5.56 Å². The van der Waals surface area contributed by atoms with Crippen LogP contribution in [0.3, 0.4) is 0 Å². The summed E-state index contributed by atoms with van der Waals surface area (Å²) in [6, 6.07) is 5.32. The third-order valence-electron chi connectivity index (χ3n) is 2.95. The van der Waals surface area contributed by atoms with Gasteiger partial charge >= 0.3 is 5.97 Å². The van der Waals surface area contributed by atoms with Crippen LogP contribution in [0.2, 0.25) is 0 Å². The molecule has 0 saturated heterocycles. The second-order valence-corrected chi connectivity index (χ2v) is 4.82. The summed E-state index contributed by atoms with van der Waals surface area (Å²) in [6.07, 6.45) is -1.06. The van der Waals surface area contributed by atoms with E-state index in [1.54, 1.807) is 13.8 Å². The van der Waals surface area contributed by atoms with Crippen molar-refractivity contribution >= 4 is 17.7 Å². The van der Waals surface area contributed by atoms with Gasteiger partial charge in [-0.05, 0) is 38.5 Å². The number of nitrogens with one attached hydrogen (secondary N) is 1. The second-order valence-electron chi connectivity index (χ2n) is 4.82. The summed E-state index contributed by atoms with van der Waals surface area (Å²) in [5, 5.41) is 6.05. The van der Waals surface area contributed by atoms with Gasteiger partial charge < -0.3 is 14.6 Å². The number of anilines is 1. The van der Waals surface area contributed by atoms with Crippen LogP contribution in [0.25, 0.3) is 0 Å². The second kappa shape index (κ2) is 6.38. The van der Waals surface area contributed by atoms with Gasteiger partial charge in [0.15, 0.2) is 11.9 Å². The Bertz CT molecular complexity index is 711. The fraction of sp³-hybridized carbons (Fsp3) is 0.267. The number of benzene rings is 1. The predicted molar refractivity (Wildman–Crippen MR) is 75.9 cm³/mol. The number of rotatable bonds is 4. The quantitative estimate of drug-likeness (QED) is 0.878. The molecule has 1 aromatic carbocycles. The Morgan fingerprint density at radius 1 is 1.32 bits per heavy atom. The van der Waals surface area contributed by atoms with Crippen LogP contribution in [0.4, 0.5) is 10.2 Å². The minimum atomic E-state index is -1.06. The number of nitrogens with zero attached hydrogens (tertiary/aromatic N) is 1. The third kappa shape index (κ3) is 3.69. The molecule has 0 saturated carbocycles. The van der Waals surface area contributed by atoms with Gasteiger partial charge in [0.25, 0.3) is 5.91 Å². The maximum absolute atomic E-state index is 13.2. The van der Waals surface area contributed by atoms with Crippen LogP contribution >= 0.6 is 0 Å². The Labute approximate surface area is 126 Å². The summed E-state index contributed by atoms with van der Waals surface area (Å²) in [7, 11) is 0. The standard InChI is InChI=1S/C15H15FN2O4/c1-8-4-5-11(16)7-12(8)15(20)21-10(3)14(19)17-13-6-9(2)22-18-13/h4-7,10H,1-3H3,(H,17,18,19)/t10-/m1/s1. The maximum atomic E-state index is 13.2. The average Bonchev–Trinajstić information content (AvgIpc) is 2.86. The molecule has 1 amide bonds. The van der Waals surface area contributed by atoms with E-state index in [2.05, 4.69) is 10.5 Å². The van der Waals surface area contributed by atoms with Crippen LogP contribution in [0.1, 0.15) is 28.6 Å². The summed E-state index contributed by atoms with van der Waals surface area (Å²) in [4.78, 5) is 23.9. The number of hydrogen-bond donors (Lipinski definition) is 1. The van der Waals surface area contributed by atoms with Crippen molar-refractivity contribution in [1.29, 1.82) is 0 Å². The SMILES string of the molecule is Cc1cc(NC(=O)[C@@H](C)OC(=O)c2cc(F)ccc2C)no1. The number of carbonyl (C=O) groups excluding carboxylic acids is 2. The van der Waals surface area contributed by atoms with Crippen LogP contribution in [-0.4, -0.2) is 23.1 Å². The van der Waals surface area contributed by atoms with E-state index in [1.807, 2.05) is 0 Å². The molecule has 1 heterocycles. The normalized spacial score (nSPS) is 11.8. The molecule has 116 valence electrons. The van der Waals surface area contributed by atoms with E-state index in [1.165, 1.54) is 25.1 Å². The van der Waals surface area contributed by atoms with Crippen molar-refractivity contribution in [3.63, 3.8) is 0 Å². The van der Waals surface area contributed by atoms with E-state index < -0.39 is 23.8 Å². The zero-order chi connectivity index (χ0) is 16.3. The van der Waals surface area contributed by atoms with Gasteiger partial charge in [-0.3, -0.25) is 4.79 Å². The summed E-state index contributed by atoms with van der Waals surface area (Å²) < 4.78 is 23.0. The van der Waals surface area contributed by atoms with Gasteiger partial charge in [-0.15, -0.1) is 0 Å². The minimum absolute atomic E-state index is 0.0805. The van der Waals surface area contributed by atoms with Crippen molar-refractivity contribution in [2.75, 3.05) is 5.32 Å². The first kappa shape index (κ1) is 15.7. The van der Waals surface area contributed by atoms with Crippen molar-refractivity contribution in [2.45, 2.75) is 26.9 Å². The highest BCUT2D eigenvalue weighted by molar-refractivity contribution is 5.97. The van der Waals surface area contributed by atoms with Crippen LogP contribution in [-0.2, 0) is 9.53 Å². The first-order chi connectivity index (χ1) is 10.4. The number of carbonyl (C=O) groups is 2. The summed E-state index contributed by atoms with van der Waals surface area (Å²) in [6.45, 7) is 4.74. The lowest BCUT2D eigenvalue weighted by Gasteiger charge is -2.13. The zero-order valence-electron chi connectivity index (χ0n) is 12.3. The summed E-state index contributed by atoms with van der Waals surface area (Å²) in [5.74, 6) is -1.11. The van der Waals surface area contributed by atoms with Gasteiger partial charge in [0, 0.05) is 6.07 Å². The molecule has 1 aromatic heterocycles. The lowest BCUT2D eigenvalue weighted by molar-refractivity contribution is -0.123. The molecule has 0 fully saturated rings. The minimum Gasteiger partial charge on any atom is -0.449 e. The number of hydrogen-bond acceptors (Lipinski definition) is 5. The smallest absolute Gasteiger partial charge is 0.339 e. The van der Waals surface area contributed by atoms with Crippen molar-refractivity contribution in [3.05, 3.63) is 47.0 Å². The molecule has 2 aromatic rings. The molecule has 0 spiro atoms. The molecule has 1 atom stereocenters. The highest BCUT2D eigenvalue weighted by Crippen LogP contribution is 2.13. The molecule has 6 nitrogen and oxygen atoms in total. The fourth-order valence-corrected chi connectivity index (χ4v) is 1.74. The monoisotopic (exact) mass is 306 g/mol. The van der Waals surface area contributed by atoms with Crippen molar-refractivity contribution < 1.29 is 23.2 Å². The Hall–Kier alpha value is -2.70. The number of halogens is 1. The average molecular weight is 306 g/mol. The number of amides is 1. The van der Waals surface area contributed by atoms with Gasteiger partial charge in [-0.25, -0.2) is 9.18 Å². The van der Waals surface area contributed by atoms with Crippen molar-refractivity contribution in [3.8, 4) is 0 Å². The van der Waals surface area contributed by atoms with Crippen LogP contribution in [0.15, 0.2) is 28.8 Å². The van der Waals surface area contributed by atoms with Crippen LogP contribution in [0, 0.1) is 19.7 Å². The Balaban J connectivity index is 2.01. The first-order valence-electron chi connectivity index (χ1n) is 6.58. The Morgan fingerprint density at radius 3 is 2.68 bits per heavy atom. The lowest BCUT2D eigenvalue weighted by atomic mass is 10.1. The van der Waals surface area contributed by atoms with Crippen molar-refractivity contribution in [2.24, 2.45) is 0 Å². The maximum Gasteiger partial charge on any atom is 0.339 e. The summed E-state index contributed by atoms with van der Waals surface area (Å²) >= 11 is 0. The van der Waals surface area contributed by atoms with E-state index in [0.29, 0.717) is 11.3 Å². The van der Waals surface area contributed by atoms with E-state index in [4.69, 9.17) is 9.26 Å². The molecule has 0 aliphatic carbocycles. The molecule has 0 bridgehead atoms. The summed E-state index contributed by atoms with van der Waals surface area (Å²) in [5.41, 5.74) is 0.642.